The summed E-state index contributed by atoms with van der Waals surface area (Å²) in [6.45, 7) is 5.56. The molecule has 26 heavy (non-hydrogen) atoms. The minimum Gasteiger partial charge on any atom is -0.461 e. The summed E-state index contributed by atoms with van der Waals surface area (Å²) in [5, 5.41) is 3.93. The van der Waals surface area contributed by atoms with Crippen LogP contribution in [0.25, 0.3) is 11.5 Å². The highest BCUT2D eigenvalue weighted by Crippen LogP contribution is 2.26. The first-order chi connectivity index (χ1) is 12.6. The van der Waals surface area contributed by atoms with Crippen molar-refractivity contribution in [3.8, 4) is 11.5 Å². The first kappa shape index (κ1) is 16.4. The average Bonchev–Trinajstić information content (AvgIpc) is 3.33. The monoisotopic (exact) mass is 351 g/mol. The number of amides is 1. The van der Waals surface area contributed by atoms with Gasteiger partial charge in [0.1, 0.15) is 0 Å². The van der Waals surface area contributed by atoms with Gasteiger partial charge in [0.2, 0.25) is 5.76 Å². The standard InChI is InChI=1S/C20H21N3O3/c1-14-12-22(13-15(2)23(14)16-7-4-3-5-8-16)20(24)17-11-19(26-21-17)18-9-6-10-25-18/h3-11,14-15H,12-13H2,1-2H3. The van der Waals surface area contributed by atoms with Crippen LogP contribution < -0.4 is 4.90 Å². The minimum atomic E-state index is -0.113. The summed E-state index contributed by atoms with van der Waals surface area (Å²) < 4.78 is 10.6. The Bertz CT molecular complexity index is 861. The Morgan fingerprint density at radius 1 is 1.04 bits per heavy atom. The fourth-order valence-corrected chi connectivity index (χ4v) is 3.67. The molecule has 1 aliphatic heterocycles. The average molecular weight is 351 g/mol. The van der Waals surface area contributed by atoms with Gasteiger partial charge in [-0.25, -0.2) is 0 Å². The lowest BCUT2D eigenvalue weighted by molar-refractivity contribution is 0.0690. The number of carbonyl (C=O) groups is 1. The molecule has 0 aliphatic carbocycles. The van der Waals surface area contributed by atoms with Crippen LogP contribution in [0.15, 0.2) is 63.7 Å². The summed E-state index contributed by atoms with van der Waals surface area (Å²) in [4.78, 5) is 17.1. The van der Waals surface area contributed by atoms with Crippen LogP contribution in [0, 0.1) is 0 Å². The fraction of sp³-hybridized carbons (Fsp3) is 0.300. The molecule has 3 heterocycles. The van der Waals surface area contributed by atoms with Crippen molar-refractivity contribution in [3.05, 3.63) is 60.5 Å². The third-order valence-electron chi connectivity index (χ3n) is 4.75. The zero-order chi connectivity index (χ0) is 18.1. The van der Waals surface area contributed by atoms with Gasteiger partial charge >= 0.3 is 0 Å². The van der Waals surface area contributed by atoms with Gasteiger partial charge in [0, 0.05) is 36.9 Å². The van der Waals surface area contributed by atoms with Crippen LogP contribution in [0.1, 0.15) is 24.3 Å². The number of hydrogen-bond donors (Lipinski definition) is 0. The lowest BCUT2D eigenvalue weighted by atomic mass is 10.1. The number of hydrogen-bond acceptors (Lipinski definition) is 5. The normalized spacial score (nSPS) is 20.4. The predicted molar refractivity (Wildman–Crippen MR) is 98.0 cm³/mol. The Balaban J connectivity index is 1.50. The molecule has 0 N–H and O–H groups in total. The maximum atomic E-state index is 12.9. The van der Waals surface area contributed by atoms with E-state index in [1.165, 1.54) is 5.69 Å². The summed E-state index contributed by atoms with van der Waals surface area (Å²) in [7, 11) is 0. The minimum absolute atomic E-state index is 0.113. The van der Waals surface area contributed by atoms with Crippen LogP contribution in [-0.2, 0) is 0 Å². The smallest absolute Gasteiger partial charge is 0.276 e. The quantitative estimate of drug-likeness (QED) is 0.720. The summed E-state index contributed by atoms with van der Waals surface area (Å²) in [5.41, 5.74) is 1.49. The Morgan fingerprint density at radius 2 is 1.77 bits per heavy atom. The highest BCUT2D eigenvalue weighted by Gasteiger charge is 2.33. The lowest BCUT2D eigenvalue weighted by Gasteiger charge is -2.45. The van der Waals surface area contributed by atoms with Crippen LogP contribution >= 0.6 is 0 Å². The molecule has 2 aromatic heterocycles. The molecule has 4 rings (SSSR count). The molecule has 2 unspecified atom stereocenters. The van der Waals surface area contributed by atoms with E-state index in [1.807, 2.05) is 23.1 Å². The summed E-state index contributed by atoms with van der Waals surface area (Å²) in [5.74, 6) is 0.910. The molecule has 6 nitrogen and oxygen atoms in total. The number of benzene rings is 1. The number of furan rings is 1. The van der Waals surface area contributed by atoms with Crippen LogP contribution in [0.5, 0.6) is 0 Å². The first-order valence-electron chi connectivity index (χ1n) is 8.76. The third-order valence-corrected chi connectivity index (χ3v) is 4.75. The number of piperazine rings is 1. The SMILES string of the molecule is CC1CN(C(=O)c2cc(-c3ccco3)on2)CC(C)N1c1ccccc1. The van der Waals surface area contributed by atoms with E-state index in [-0.39, 0.29) is 18.0 Å². The first-order valence-corrected chi connectivity index (χ1v) is 8.76. The molecule has 0 radical (unpaired) electrons. The van der Waals surface area contributed by atoms with E-state index >= 15 is 0 Å². The molecule has 0 spiro atoms. The van der Waals surface area contributed by atoms with E-state index < -0.39 is 0 Å². The van der Waals surface area contributed by atoms with Crippen LogP contribution in [0.3, 0.4) is 0 Å². The van der Waals surface area contributed by atoms with Gasteiger partial charge in [-0.05, 0) is 38.1 Å². The van der Waals surface area contributed by atoms with E-state index in [4.69, 9.17) is 8.94 Å². The maximum absolute atomic E-state index is 12.9. The van der Waals surface area contributed by atoms with Gasteiger partial charge in [0.05, 0.1) is 6.26 Å². The van der Waals surface area contributed by atoms with E-state index in [0.717, 1.165) is 0 Å². The Morgan fingerprint density at radius 3 is 2.42 bits per heavy atom. The van der Waals surface area contributed by atoms with Crippen molar-refractivity contribution in [1.29, 1.82) is 0 Å². The zero-order valence-corrected chi connectivity index (χ0v) is 14.8. The molecule has 2 atom stereocenters. The van der Waals surface area contributed by atoms with Crippen molar-refractivity contribution < 1.29 is 13.7 Å². The molecule has 134 valence electrons. The number of carbonyl (C=O) groups excluding carboxylic acids is 1. The van der Waals surface area contributed by atoms with Gasteiger partial charge in [-0.3, -0.25) is 4.79 Å². The Labute approximate surface area is 152 Å². The number of aromatic nitrogens is 1. The van der Waals surface area contributed by atoms with Gasteiger partial charge in [0.25, 0.3) is 5.91 Å². The van der Waals surface area contributed by atoms with E-state index in [1.54, 1.807) is 24.5 Å². The number of nitrogens with zero attached hydrogens (tertiary/aromatic N) is 3. The fourth-order valence-electron chi connectivity index (χ4n) is 3.67. The Kier molecular flexibility index (Phi) is 4.24. The molecule has 0 saturated carbocycles. The summed E-state index contributed by atoms with van der Waals surface area (Å²) in [6, 6.07) is 15.9. The van der Waals surface area contributed by atoms with Gasteiger partial charge in [-0.2, -0.15) is 0 Å². The van der Waals surface area contributed by atoms with E-state index in [2.05, 4.69) is 36.0 Å². The molecule has 1 fully saturated rings. The second-order valence-corrected chi connectivity index (χ2v) is 6.70. The molecule has 1 aliphatic rings. The van der Waals surface area contributed by atoms with Gasteiger partial charge < -0.3 is 18.7 Å². The van der Waals surface area contributed by atoms with Crippen molar-refractivity contribution in [3.63, 3.8) is 0 Å². The maximum Gasteiger partial charge on any atom is 0.276 e. The molecule has 1 saturated heterocycles. The van der Waals surface area contributed by atoms with Crippen LogP contribution in [0.2, 0.25) is 0 Å². The molecular weight excluding hydrogens is 330 g/mol. The van der Waals surface area contributed by atoms with E-state index in [9.17, 15) is 4.79 Å². The molecule has 1 amide bonds. The Hall–Kier alpha value is -3.02. The largest absolute Gasteiger partial charge is 0.461 e. The van der Waals surface area contributed by atoms with Gasteiger partial charge in [0.15, 0.2) is 11.5 Å². The second kappa shape index (κ2) is 6.71. The molecule has 0 bridgehead atoms. The van der Waals surface area contributed by atoms with Crippen molar-refractivity contribution in [2.75, 3.05) is 18.0 Å². The zero-order valence-electron chi connectivity index (χ0n) is 14.8. The third kappa shape index (κ3) is 2.98. The van der Waals surface area contributed by atoms with E-state index in [0.29, 0.717) is 30.3 Å². The summed E-state index contributed by atoms with van der Waals surface area (Å²) in [6.07, 6.45) is 1.56. The van der Waals surface area contributed by atoms with Gasteiger partial charge in [-0.15, -0.1) is 0 Å². The van der Waals surface area contributed by atoms with Crippen molar-refractivity contribution in [2.24, 2.45) is 0 Å². The summed E-state index contributed by atoms with van der Waals surface area (Å²) >= 11 is 0. The molecule has 6 heteroatoms. The number of anilines is 1. The second-order valence-electron chi connectivity index (χ2n) is 6.70. The highest BCUT2D eigenvalue weighted by atomic mass is 16.5. The van der Waals surface area contributed by atoms with Crippen molar-refractivity contribution >= 4 is 11.6 Å². The van der Waals surface area contributed by atoms with Crippen LogP contribution in [0.4, 0.5) is 5.69 Å². The molecular formula is C20H21N3O3. The predicted octanol–water partition coefficient (Wildman–Crippen LogP) is 3.67. The van der Waals surface area contributed by atoms with Crippen molar-refractivity contribution in [1.82, 2.24) is 10.1 Å². The number of para-hydroxylation sites is 1. The molecule has 3 aromatic rings. The molecule has 1 aromatic carbocycles. The van der Waals surface area contributed by atoms with Gasteiger partial charge in [-0.1, -0.05) is 23.4 Å². The lowest BCUT2D eigenvalue weighted by Crippen LogP contribution is -2.58. The topological polar surface area (TPSA) is 62.7 Å². The van der Waals surface area contributed by atoms with Crippen LogP contribution in [-0.4, -0.2) is 41.1 Å². The van der Waals surface area contributed by atoms with Crippen molar-refractivity contribution in [2.45, 2.75) is 25.9 Å². The number of rotatable bonds is 3. The highest BCUT2D eigenvalue weighted by molar-refractivity contribution is 5.93.